The highest BCUT2D eigenvalue weighted by Gasteiger charge is 2.27. The molecule has 0 aliphatic heterocycles. The van der Waals surface area contributed by atoms with Crippen molar-refractivity contribution < 1.29 is 27.5 Å². The lowest BCUT2D eigenvalue weighted by Gasteiger charge is -2.25. The summed E-state index contributed by atoms with van der Waals surface area (Å²) >= 11 is 0. The van der Waals surface area contributed by atoms with Gasteiger partial charge in [0.25, 0.3) is 0 Å². The topological polar surface area (TPSA) is 101 Å². The molecule has 0 unspecified atom stereocenters. The predicted molar refractivity (Wildman–Crippen MR) is 146 cm³/mol. The molecule has 0 saturated heterocycles. The highest BCUT2D eigenvalue weighted by Crippen LogP contribution is 2.29. The molecule has 0 fully saturated rings. The maximum absolute atomic E-state index is 12.5. The SMILES string of the molecule is Cc1cc(-c2ccn3c(-c4cccc(NC(=O)NCC(F)(F)F)c4)cnc3c2)cnc1N(C)C(=O)OC(C)(C)C. The number of rotatable bonds is 5. The van der Waals surface area contributed by atoms with Crippen LogP contribution in [0, 0.1) is 6.92 Å². The van der Waals surface area contributed by atoms with E-state index >= 15 is 0 Å². The third-order valence-electron chi connectivity index (χ3n) is 5.75. The number of pyridine rings is 2. The van der Waals surface area contributed by atoms with Crippen molar-refractivity contribution in [3.63, 3.8) is 0 Å². The summed E-state index contributed by atoms with van der Waals surface area (Å²) in [5.41, 5.74) is 4.29. The average Bonchev–Trinajstić information content (AvgIpc) is 3.29. The molecule has 0 bridgehead atoms. The van der Waals surface area contributed by atoms with Crippen LogP contribution in [0.15, 0.2) is 61.1 Å². The van der Waals surface area contributed by atoms with Crippen LogP contribution in [0.4, 0.5) is 34.3 Å². The Hall–Kier alpha value is -4.61. The second kappa shape index (κ2) is 10.9. The largest absolute Gasteiger partial charge is 0.443 e. The normalized spacial score (nSPS) is 11.8. The fourth-order valence-electron chi connectivity index (χ4n) is 3.98. The molecule has 0 aliphatic carbocycles. The molecule has 3 amide bonds. The summed E-state index contributed by atoms with van der Waals surface area (Å²) in [5, 5.41) is 4.19. The van der Waals surface area contributed by atoms with Crippen LogP contribution >= 0.6 is 0 Å². The van der Waals surface area contributed by atoms with E-state index in [0.717, 1.165) is 22.4 Å². The second-order valence-corrected chi connectivity index (χ2v) is 10.2. The smallest absolute Gasteiger partial charge is 0.415 e. The van der Waals surface area contributed by atoms with Gasteiger partial charge in [-0.25, -0.2) is 19.6 Å². The fraction of sp³-hybridized carbons (Fsp3) is 0.286. The number of hydrogen-bond donors (Lipinski definition) is 2. The van der Waals surface area contributed by atoms with Crippen LogP contribution in [0.2, 0.25) is 0 Å². The minimum atomic E-state index is -4.50. The van der Waals surface area contributed by atoms with E-state index in [2.05, 4.69) is 15.3 Å². The lowest BCUT2D eigenvalue weighted by molar-refractivity contribution is -0.122. The minimum absolute atomic E-state index is 0.335. The number of amides is 3. The van der Waals surface area contributed by atoms with Crippen molar-refractivity contribution in [1.82, 2.24) is 19.7 Å². The van der Waals surface area contributed by atoms with Gasteiger partial charge in [0.05, 0.1) is 11.9 Å². The number of carbonyl (C=O) groups excluding carboxylic acids is 2. The summed E-state index contributed by atoms with van der Waals surface area (Å²) in [6.45, 7) is 5.84. The van der Waals surface area contributed by atoms with Crippen molar-refractivity contribution >= 4 is 29.3 Å². The first-order chi connectivity index (χ1) is 18.7. The van der Waals surface area contributed by atoms with Crippen LogP contribution in [0.3, 0.4) is 0 Å². The lowest BCUT2D eigenvalue weighted by Crippen LogP contribution is -2.36. The molecular formula is C28H29F3N6O3. The first kappa shape index (κ1) is 28.4. The van der Waals surface area contributed by atoms with Gasteiger partial charge in [-0.15, -0.1) is 0 Å². The number of aryl methyl sites for hydroxylation is 1. The third kappa shape index (κ3) is 6.87. The van der Waals surface area contributed by atoms with E-state index in [-0.39, 0.29) is 0 Å². The fourth-order valence-corrected chi connectivity index (χ4v) is 3.98. The Labute approximate surface area is 229 Å². The highest BCUT2D eigenvalue weighted by atomic mass is 19.4. The van der Waals surface area contributed by atoms with Crippen molar-refractivity contribution in [2.24, 2.45) is 0 Å². The molecule has 0 atom stereocenters. The molecule has 0 spiro atoms. The van der Waals surface area contributed by atoms with Crippen molar-refractivity contribution in [1.29, 1.82) is 0 Å². The van der Waals surface area contributed by atoms with Gasteiger partial charge in [0.2, 0.25) is 0 Å². The van der Waals surface area contributed by atoms with Gasteiger partial charge in [-0.1, -0.05) is 12.1 Å². The Balaban J connectivity index is 1.54. The van der Waals surface area contributed by atoms with Crippen LogP contribution in [-0.4, -0.2) is 51.9 Å². The van der Waals surface area contributed by atoms with Gasteiger partial charge in [-0.05, 0) is 69.2 Å². The van der Waals surface area contributed by atoms with E-state index < -0.39 is 30.4 Å². The van der Waals surface area contributed by atoms with Gasteiger partial charge < -0.3 is 15.4 Å². The van der Waals surface area contributed by atoms with Crippen molar-refractivity contribution in [3.05, 3.63) is 66.6 Å². The number of halogens is 3. The maximum atomic E-state index is 12.5. The van der Waals surface area contributed by atoms with Crippen LogP contribution < -0.4 is 15.5 Å². The zero-order valence-electron chi connectivity index (χ0n) is 22.6. The number of benzene rings is 1. The zero-order chi connectivity index (χ0) is 29.2. The molecule has 2 N–H and O–H groups in total. The van der Waals surface area contributed by atoms with Crippen molar-refractivity contribution in [2.45, 2.75) is 39.5 Å². The molecule has 0 saturated carbocycles. The summed E-state index contributed by atoms with van der Waals surface area (Å²) in [7, 11) is 1.61. The molecule has 3 heterocycles. The summed E-state index contributed by atoms with van der Waals surface area (Å²) < 4.78 is 44.4. The van der Waals surface area contributed by atoms with Gasteiger partial charge in [-0.3, -0.25) is 9.30 Å². The van der Waals surface area contributed by atoms with Crippen molar-refractivity contribution in [3.8, 4) is 22.4 Å². The summed E-state index contributed by atoms with van der Waals surface area (Å²) in [5.74, 6) is 0.489. The molecule has 3 aromatic heterocycles. The van der Waals surface area contributed by atoms with E-state index in [1.807, 2.05) is 41.8 Å². The number of hydrogen-bond acceptors (Lipinski definition) is 5. The Morgan fingerprint density at radius 3 is 2.42 bits per heavy atom. The standard InChI is InChI=1S/C28H29F3N6O3/c1-17-11-20(14-33-24(17)36(5)26(39)40-27(2,3)4)18-9-10-37-22(15-32-23(37)13-18)19-7-6-8-21(12-19)35-25(38)34-16-28(29,30)31/h6-15H,16H2,1-5H3,(H2,34,35,38). The van der Waals surface area contributed by atoms with Crippen molar-refractivity contribution in [2.75, 3.05) is 23.8 Å². The van der Waals surface area contributed by atoms with Gasteiger partial charge in [0.15, 0.2) is 0 Å². The van der Waals surface area contributed by atoms with Crippen LogP contribution in [0.5, 0.6) is 0 Å². The van der Waals surface area contributed by atoms with Gasteiger partial charge in [-0.2, -0.15) is 13.2 Å². The predicted octanol–water partition coefficient (Wildman–Crippen LogP) is 6.43. The van der Waals surface area contributed by atoms with Crippen LogP contribution in [-0.2, 0) is 4.74 Å². The molecule has 4 aromatic rings. The first-order valence-corrected chi connectivity index (χ1v) is 12.3. The second-order valence-electron chi connectivity index (χ2n) is 10.2. The van der Waals surface area contributed by atoms with Crippen LogP contribution in [0.1, 0.15) is 26.3 Å². The number of nitrogens with one attached hydrogen (secondary N) is 2. The quantitative estimate of drug-likeness (QED) is 0.296. The van der Waals surface area contributed by atoms with E-state index in [4.69, 9.17) is 4.74 Å². The Kier molecular flexibility index (Phi) is 7.72. The number of fused-ring (bicyclic) bond motifs is 1. The Morgan fingerprint density at radius 1 is 1.00 bits per heavy atom. The number of alkyl halides is 3. The molecule has 210 valence electrons. The van der Waals surface area contributed by atoms with Gasteiger partial charge in [0.1, 0.15) is 23.6 Å². The van der Waals surface area contributed by atoms with E-state index in [1.165, 1.54) is 4.90 Å². The highest BCUT2D eigenvalue weighted by molar-refractivity contribution is 5.90. The molecule has 4 rings (SSSR count). The van der Waals surface area contributed by atoms with E-state index in [0.29, 0.717) is 22.7 Å². The first-order valence-electron chi connectivity index (χ1n) is 12.3. The van der Waals surface area contributed by atoms with Crippen LogP contribution in [0.25, 0.3) is 28.0 Å². The number of anilines is 2. The Bertz CT molecular complexity index is 1560. The number of ether oxygens (including phenoxy) is 1. The number of nitrogens with zero attached hydrogens (tertiary/aromatic N) is 4. The summed E-state index contributed by atoms with van der Waals surface area (Å²) in [4.78, 5) is 34.7. The molecule has 12 heteroatoms. The monoisotopic (exact) mass is 554 g/mol. The number of imidazole rings is 1. The average molecular weight is 555 g/mol. The van der Waals surface area contributed by atoms with Gasteiger partial charge >= 0.3 is 18.3 Å². The number of urea groups is 1. The third-order valence-corrected chi connectivity index (χ3v) is 5.75. The molecule has 40 heavy (non-hydrogen) atoms. The van der Waals surface area contributed by atoms with Gasteiger partial charge in [0, 0.05) is 36.3 Å². The Morgan fingerprint density at radius 2 is 1.75 bits per heavy atom. The molecule has 9 nitrogen and oxygen atoms in total. The minimum Gasteiger partial charge on any atom is -0.443 e. The lowest BCUT2D eigenvalue weighted by atomic mass is 10.1. The van der Waals surface area contributed by atoms with E-state index in [9.17, 15) is 22.8 Å². The number of carbonyl (C=O) groups is 2. The molecular weight excluding hydrogens is 525 g/mol. The van der Waals surface area contributed by atoms with E-state index in [1.54, 1.807) is 63.7 Å². The molecule has 0 aliphatic rings. The molecule has 0 radical (unpaired) electrons. The summed E-state index contributed by atoms with van der Waals surface area (Å²) in [6.07, 6.45) is 0.201. The maximum Gasteiger partial charge on any atom is 0.415 e. The summed E-state index contributed by atoms with van der Waals surface area (Å²) in [6, 6.07) is 11.5. The zero-order valence-corrected chi connectivity index (χ0v) is 22.6. The number of aromatic nitrogens is 3. The molecule has 1 aromatic carbocycles.